The largest absolute Gasteiger partial charge is 0.341 e. The highest BCUT2D eigenvalue weighted by Gasteiger charge is 2.29. The number of halogens is 1. The van der Waals surface area contributed by atoms with Crippen LogP contribution in [0.2, 0.25) is 5.02 Å². The van der Waals surface area contributed by atoms with E-state index in [1.54, 1.807) is 25.1 Å². The number of carbonyl (C=O) groups is 2. The van der Waals surface area contributed by atoms with Gasteiger partial charge in [-0.15, -0.1) is 0 Å². The van der Waals surface area contributed by atoms with Crippen LogP contribution in [0.3, 0.4) is 0 Å². The van der Waals surface area contributed by atoms with Crippen molar-refractivity contribution in [3.05, 3.63) is 34.3 Å². The summed E-state index contributed by atoms with van der Waals surface area (Å²) in [5.74, 6) is -0.282. The smallest absolute Gasteiger partial charge is 0.252 e. The molecule has 1 aromatic rings. The molecule has 1 aliphatic rings. The van der Waals surface area contributed by atoms with Crippen LogP contribution < -0.4 is 5.32 Å². The van der Waals surface area contributed by atoms with Gasteiger partial charge in [-0.3, -0.25) is 9.59 Å². The first-order valence-corrected chi connectivity index (χ1v) is 7.65. The van der Waals surface area contributed by atoms with Gasteiger partial charge in [-0.1, -0.05) is 17.7 Å². The van der Waals surface area contributed by atoms with Gasteiger partial charge < -0.3 is 10.2 Å². The van der Waals surface area contributed by atoms with E-state index in [1.807, 2.05) is 18.7 Å². The maximum atomic E-state index is 12.4. The minimum atomic E-state index is -0.531. The highest BCUT2D eigenvalue weighted by Crippen LogP contribution is 2.18. The fourth-order valence-corrected chi connectivity index (χ4v) is 2.86. The molecule has 0 spiro atoms. The Hall–Kier alpha value is -1.55. The molecule has 1 N–H and O–H groups in total. The number of hydrogen-bond acceptors (Lipinski definition) is 2. The number of amides is 2. The van der Waals surface area contributed by atoms with E-state index in [1.165, 1.54) is 0 Å². The van der Waals surface area contributed by atoms with Gasteiger partial charge in [-0.25, -0.2) is 0 Å². The summed E-state index contributed by atoms with van der Waals surface area (Å²) in [6.07, 6.45) is 2.06. The topological polar surface area (TPSA) is 49.4 Å². The summed E-state index contributed by atoms with van der Waals surface area (Å²) in [6, 6.07) is 4.89. The predicted octanol–water partition coefficient (Wildman–Crippen LogP) is 2.78. The first-order valence-electron chi connectivity index (χ1n) is 7.27. The Labute approximate surface area is 130 Å². The van der Waals surface area contributed by atoms with E-state index in [4.69, 9.17) is 11.6 Å². The molecule has 2 atom stereocenters. The summed E-state index contributed by atoms with van der Waals surface area (Å²) in [5.41, 5.74) is 1.35. The molecular weight excluding hydrogens is 288 g/mol. The molecule has 1 aliphatic heterocycles. The van der Waals surface area contributed by atoms with Crippen LogP contribution in [0.15, 0.2) is 18.2 Å². The normalized spacial score (nSPS) is 19.4. The molecule has 2 amide bonds. The van der Waals surface area contributed by atoms with Crippen molar-refractivity contribution in [2.75, 3.05) is 6.54 Å². The van der Waals surface area contributed by atoms with Crippen LogP contribution in [0, 0.1) is 6.92 Å². The number of rotatable bonds is 3. The molecule has 2 unspecified atom stereocenters. The molecule has 0 radical (unpaired) electrons. The zero-order valence-electron chi connectivity index (χ0n) is 12.6. The predicted molar refractivity (Wildman–Crippen MR) is 83.5 cm³/mol. The highest BCUT2D eigenvalue weighted by atomic mass is 35.5. The monoisotopic (exact) mass is 308 g/mol. The Kier molecular flexibility index (Phi) is 4.88. The molecule has 2 rings (SSSR count). The Morgan fingerprint density at radius 3 is 2.76 bits per heavy atom. The van der Waals surface area contributed by atoms with Crippen molar-refractivity contribution in [3.8, 4) is 0 Å². The summed E-state index contributed by atoms with van der Waals surface area (Å²) >= 11 is 5.93. The van der Waals surface area contributed by atoms with E-state index in [2.05, 4.69) is 5.32 Å². The van der Waals surface area contributed by atoms with Crippen molar-refractivity contribution in [3.63, 3.8) is 0 Å². The van der Waals surface area contributed by atoms with Crippen LogP contribution in [0.4, 0.5) is 0 Å². The highest BCUT2D eigenvalue weighted by molar-refractivity contribution is 6.31. The molecule has 4 nitrogen and oxygen atoms in total. The van der Waals surface area contributed by atoms with E-state index < -0.39 is 6.04 Å². The van der Waals surface area contributed by atoms with E-state index in [9.17, 15) is 9.59 Å². The number of hydrogen-bond donors (Lipinski definition) is 1. The standard InChI is InChI=1S/C16H21ClN2O2/c1-10-6-7-13(17)9-14(10)15(20)18-12(3)16(21)19-8-4-5-11(19)2/h6-7,9,11-12H,4-5,8H2,1-3H3,(H,18,20). The second-order valence-electron chi connectivity index (χ2n) is 5.68. The van der Waals surface area contributed by atoms with E-state index in [0.717, 1.165) is 24.9 Å². The number of aryl methyl sites for hydroxylation is 1. The van der Waals surface area contributed by atoms with Gasteiger partial charge in [0.1, 0.15) is 6.04 Å². The molecule has 1 aromatic carbocycles. The maximum Gasteiger partial charge on any atom is 0.252 e. The lowest BCUT2D eigenvalue weighted by Gasteiger charge is -2.25. The van der Waals surface area contributed by atoms with Crippen molar-refractivity contribution in [1.29, 1.82) is 0 Å². The van der Waals surface area contributed by atoms with Crippen LogP contribution in [0.1, 0.15) is 42.6 Å². The lowest BCUT2D eigenvalue weighted by Crippen LogP contribution is -2.48. The van der Waals surface area contributed by atoms with Gasteiger partial charge in [0, 0.05) is 23.2 Å². The Morgan fingerprint density at radius 2 is 2.14 bits per heavy atom. The number of nitrogens with one attached hydrogen (secondary N) is 1. The van der Waals surface area contributed by atoms with Crippen molar-refractivity contribution in [2.45, 2.75) is 45.7 Å². The van der Waals surface area contributed by atoms with Crippen LogP contribution in [0.25, 0.3) is 0 Å². The quantitative estimate of drug-likeness (QED) is 0.933. The zero-order chi connectivity index (χ0) is 15.6. The lowest BCUT2D eigenvalue weighted by molar-refractivity contribution is -0.133. The first-order chi connectivity index (χ1) is 9.90. The Balaban J connectivity index is 2.05. The molecule has 5 heteroatoms. The van der Waals surface area contributed by atoms with Crippen LogP contribution in [0.5, 0.6) is 0 Å². The third-order valence-electron chi connectivity index (χ3n) is 4.00. The average Bonchev–Trinajstić information content (AvgIpc) is 2.86. The van der Waals surface area contributed by atoms with E-state index in [0.29, 0.717) is 10.6 Å². The second-order valence-corrected chi connectivity index (χ2v) is 6.11. The van der Waals surface area contributed by atoms with Crippen LogP contribution in [-0.2, 0) is 4.79 Å². The summed E-state index contributed by atoms with van der Waals surface area (Å²) in [5, 5.41) is 3.28. The maximum absolute atomic E-state index is 12.4. The minimum Gasteiger partial charge on any atom is -0.341 e. The molecule has 1 saturated heterocycles. The molecule has 0 aliphatic carbocycles. The lowest BCUT2D eigenvalue weighted by atomic mass is 10.1. The molecule has 1 heterocycles. The van der Waals surface area contributed by atoms with Crippen molar-refractivity contribution in [1.82, 2.24) is 10.2 Å². The summed E-state index contributed by atoms with van der Waals surface area (Å²) in [6.45, 7) is 6.39. The van der Waals surface area contributed by atoms with E-state index >= 15 is 0 Å². The van der Waals surface area contributed by atoms with Gasteiger partial charge >= 0.3 is 0 Å². The fraction of sp³-hybridized carbons (Fsp3) is 0.500. The van der Waals surface area contributed by atoms with Crippen molar-refractivity contribution < 1.29 is 9.59 Å². The van der Waals surface area contributed by atoms with E-state index in [-0.39, 0.29) is 17.9 Å². The molecule has 0 aromatic heterocycles. The van der Waals surface area contributed by atoms with Gasteiger partial charge in [0.25, 0.3) is 5.91 Å². The number of likely N-dealkylation sites (tertiary alicyclic amines) is 1. The molecule has 1 fully saturated rings. The van der Waals surface area contributed by atoms with Gasteiger partial charge in [0.2, 0.25) is 5.91 Å². The average molecular weight is 309 g/mol. The fourth-order valence-electron chi connectivity index (χ4n) is 2.68. The molecule has 114 valence electrons. The zero-order valence-corrected chi connectivity index (χ0v) is 13.4. The number of carbonyl (C=O) groups excluding carboxylic acids is 2. The second kappa shape index (κ2) is 6.48. The third-order valence-corrected chi connectivity index (χ3v) is 4.23. The Morgan fingerprint density at radius 1 is 1.43 bits per heavy atom. The van der Waals surface area contributed by atoms with Gasteiger partial charge in [-0.05, 0) is 51.3 Å². The van der Waals surface area contributed by atoms with Crippen LogP contribution >= 0.6 is 11.6 Å². The minimum absolute atomic E-state index is 0.0203. The summed E-state index contributed by atoms with van der Waals surface area (Å²) in [4.78, 5) is 26.5. The van der Waals surface area contributed by atoms with Gasteiger partial charge in [0.15, 0.2) is 0 Å². The van der Waals surface area contributed by atoms with Gasteiger partial charge in [-0.2, -0.15) is 0 Å². The number of benzene rings is 1. The molecule has 21 heavy (non-hydrogen) atoms. The van der Waals surface area contributed by atoms with Gasteiger partial charge in [0.05, 0.1) is 0 Å². The summed E-state index contributed by atoms with van der Waals surface area (Å²) in [7, 11) is 0. The number of nitrogens with zero attached hydrogens (tertiary/aromatic N) is 1. The molecule has 0 saturated carbocycles. The molecule has 0 bridgehead atoms. The summed E-state index contributed by atoms with van der Waals surface area (Å²) < 4.78 is 0. The first kappa shape index (κ1) is 15.8. The van der Waals surface area contributed by atoms with Crippen LogP contribution in [-0.4, -0.2) is 35.3 Å². The van der Waals surface area contributed by atoms with Crippen molar-refractivity contribution in [2.24, 2.45) is 0 Å². The Bertz CT molecular complexity index is 559. The third kappa shape index (κ3) is 3.56. The molecular formula is C16H21ClN2O2. The van der Waals surface area contributed by atoms with Crippen molar-refractivity contribution >= 4 is 23.4 Å². The SMILES string of the molecule is Cc1ccc(Cl)cc1C(=O)NC(C)C(=O)N1CCCC1C.